The van der Waals surface area contributed by atoms with Gasteiger partial charge in [-0.1, -0.05) is 26.0 Å². The van der Waals surface area contributed by atoms with Crippen LogP contribution in [0, 0.1) is 41.8 Å². The van der Waals surface area contributed by atoms with Crippen molar-refractivity contribution in [3.05, 3.63) is 35.8 Å². The Kier molecular flexibility index (Phi) is 11.9. The highest BCUT2D eigenvalue weighted by Gasteiger charge is 2.63. The van der Waals surface area contributed by atoms with E-state index in [1.807, 2.05) is 19.1 Å². The van der Waals surface area contributed by atoms with Crippen LogP contribution in [-0.2, 0) is 33.9 Å². The molecule has 59 heavy (non-hydrogen) atoms. The molecule has 1 saturated heterocycles. The Bertz CT molecular complexity index is 2160. The van der Waals surface area contributed by atoms with Crippen molar-refractivity contribution in [2.24, 2.45) is 29.1 Å². The van der Waals surface area contributed by atoms with Gasteiger partial charge in [0.2, 0.25) is 33.3 Å². The minimum Gasteiger partial charge on any atom is -0.494 e. The minimum absolute atomic E-state index is 0.0111. The number of nitrogens with one attached hydrogen (secondary N) is 1. The Labute approximate surface area is 341 Å². The normalized spacial score (nSPS) is 29.4. The van der Waals surface area contributed by atoms with E-state index in [0.717, 1.165) is 19.9 Å². The second kappa shape index (κ2) is 15.9. The maximum absolute atomic E-state index is 14.8. The fourth-order valence-corrected chi connectivity index (χ4v) is 9.54. The molecule has 3 heterocycles. The minimum atomic E-state index is -4.89. The topological polar surface area (TPSA) is 171 Å². The van der Waals surface area contributed by atoms with Crippen LogP contribution in [0.1, 0.15) is 98.1 Å². The number of nitrogens with zero attached hydrogens (tertiary/aromatic N) is 3. The first kappa shape index (κ1) is 44.2. The van der Waals surface area contributed by atoms with E-state index in [1.165, 1.54) is 18.1 Å². The lowest BCUT2D eigenvalue weighted by atomic mass is 9.82. The van der Waals surface area contributed by atoms with Crippen molar-refractivity contribution in [1.29, 1.82) is 0 Å². The number of Topliss-reactive ketones (excluding diaryl/α,β-unsaturated/α-hetero) is 1. The number of methoxy groups -OCH3 is 1. The van der Waals surface area contributed by atoms with Crippen molar-refractivity contribution in [2.75, 3.05) is 13.7 Å². The summed E-state index contributed by atoms with van der Waals surface area (Å²) in [6, 6.07) is 1.27. The Hall–Kier alpha value is -4.35. The highest BCUT2D eigenvalue weighted by molar-refractivity contribution is 7.91. The first-order chi connectivity index (χ1) is 27.4. The van der Waals surface area contributed by atoms with E-state index in [4.69, 9.17) is 14.2 Å². The summed E-state index contributed by atoms with van der Waals surface area (Å²) in [4.78, 5) is 66.8. The predicted molar refractivity (Wildman–Crippen MR) is 206 cm³/mol. The molecular weight excluding hydrogens is 801 g/mol. The van der Waals surface area contributed by atoms with Crippen molar-refractivity contribution in [3.8, 4) is 11.6 Å². The predicted octanol–water partition coefficient (Wildman–Crippen LogP) is 6.30. The van der Waals surface area contributed by atoms with Crippen molar-refractivity contribution in [1.82, 2.24) is 19.6 Å². The molecule has 3 fully saturated rings. The third kappa shape index (κ3) is 9.07. The molecule has 1 aromatic heterocycles. The van der Waals surface area contributed by atoms with E-state index in [-0.39, 0.29) is 53.7 Å². The quantitative estimate of drug-likeness (QED) is 0.171. The Morgan fingerprint density at radius 2 is 1.75 bits per heavy atom. The lowest BCUT2D eigenvalue weighted by molar-refractivity contribution is -0.257. The number of allylic oxidation sites excluding steroid dienone is 2. The van der Waals surface area contributed by atoms with E-state index in [9.17, 15) is 45.2 Å². The van der Waals surface area contributed by atoms with Gasteiger partial charge in [-0.05, 0) is 84.0 Å². The number of esters is 1. The zero-order valence-corrected chi connectivity index (χ0v) is 35.1. The van der Waals surface area contributed by atoms with Crippen LogP contribution in [-0.4, -0.2) is 89.2 Å². The number of carbonyl (C=O) groups excluding carboxylic acids is 4. The summed E-state index contributed by atoms with van der Waals surface area (Å²) in [6.07, 6.45) is -0.703. The van der Waals surface area contributed by atoms with Crippen LogP contribution in [0.3, 0.4) is 0 Å². The Morgan fingerprint density at radius 1 is 1.07 bits per heavy atom. The first-order valence-corrected chi connectivity index (χ1v) is 21.4. The number of ketones is 1. The molecule has 4 aliphatic rings. The van der Waals surface area contributed by atoms with Gasteiger partial charge in [0, 0.05) is 25.0 Å². The number of alkyl halides is 3. The summed E-state index contributed by atoms with van der Waals surface area (Å²) in [7, 11) is -2.76. The van der Waals surface area contributed by atoms with Crippen LogP contribution in [0.5, 0.6) is 11.6 Å². The molecule has 6 rings (SSSR count). The Morgan fingerprint density at radius 3 is 2.39 bits per heavy atom. The third-order valence-electron chi connectivity index (χ3n) is 12.6. The Balaban J connectivity index is 1.36. The van der Waals surface area contributed by atoms with Crippen LogP contribution in [0.25, 0.3) is 11.0 Å². The molecule has 0 radical (unpaired) electrons. The number of fused-ring (bicyclic) bond motifs is 3. The smallest absolute Gasteiger partial charge is 0.427 e. The van der Waals surface area contributed by atoms with Crippen LogP contribution < -0.4 is 14.2 Å². The lowest BCUT2D eigenvalue weighted by Crippen LogP contribution is -2.48. The molecule has 1 N–H and O–H groups in total. The van der Waals surface area contributed by atoms with Gasteiger partial charge in [0.15, 0.2) is 17.3 Å². The lowest BCUT2D eigenvalue weighted by Gasteiger charge is -2.33. The summed E-state index contributed by atoms with van der Waals surface area (Å²) >= 11 is 0. The van der Waals surface area contributed by atoms with Gasteiger partial charge in [-0.2, -0.15) is 13.2 Å². The van der Waals surface area contributed by atoms with Gasteiger partial charge in [0.05, 0.1) is 53.2 Å². The SMILES string of the molecule is COc1cc2nc(O[C@@H]3C[C@H]4C(=O)C[C@]5(C(=O)NS(=O)(=O)C6(C)CC6)C[C@H]5/C=C\CC[C@H](C)C[C@@H](C)[C@H](CC(=O)OC(C)(C)C(F)(F)F)C(=O)N4C3)c(C)nc2cc1F. The number of sulfonamides is 1. The summed E-state index contributed by atoms with van der Waals surface area (Å²) in [5.41, 5.74) is -3.52. The maximum atomic E-state index is 14.8. The summed E-state index contributed by atoms with van der Waals surface area (Å²) in [6.45, 7) is 8.04. The number of aromatic nitrogens is 2. The standard InChI is InChI=1S/C41H52F4N4O9S/c1-22-10-8-9-11-25-19-40(25,37(53)48-59(54,55)39(6)12-13-39)20-32(50)31-15-26(57-35-24(3)46-29-17-28(42)33(56-7)18-30(29)47-35)21-49(31)36(52)27(23(2)14-22)16-34(51)58-38(4,5)41(43,44)45/h9,11,17-18,22-23,25-27,31H,8,10,12-16,19-21H2,1-7H3,(H,48,53)/b11-9-/t22-,23+,25+,26+,27-,31-,40+/m0/s1. The average molecular weight is 853 g/mol. The second-order valence-electron chi connectivity index (χ2n) is 17.7. The number of halogens is 4. The number of aryl methyl sites for hydroxylation is 1. The van der Waals surface area contributed by atoms with E-state index in [2.05, 4.69) is 14.7 Å². The molecule has 2 saturated carbocycles. The molecule has 324 valence electrons. The van der Waals surface area contributed by atoms with E-state index in [0.29, 0.717) is 32.1 Å². The molecular formula is C41H52F4N4O9S. The van der Waals surface area contributed by atoms with Crippen LogP contribution >= 0.6 is 0 Å². The number of amides is 2. The van der Waals surface area contributed by atoms with Gasteiger partial charge in [-0.25, -0.2) is 22.8 Å². The van der Waals surface area contributed by atoms with Crippen LogP contribution in [0.2, 0.25) is 0 Å². The van der Waals surface area contributed by atoms with Gasteiger partial charge in [-0.3, -0.25) is 23.9 Å². The van der Waals surface area contributed by atoms with Gasteiger partial charge >= 0.3 is 12.1 Å². The number of benzene rings is 1. The van der Waals surface area contributed by atoms with Crippen molar-refractivity contribution in [2.45, 2.75) is 128 Å². The number of hydrogen-bond acceptors (Lipinski definition) is 11. The molecule has 0 bridgehead atoms. The van der Waals surface area contributed by atoms with Crippen molar-refractivity contribution >= 4 is 44.6 Å². The largest absolute Gasteiger partial charge is 0.494 e. The fourth-order valence-electron chi connectivity index (χ4n) is 8.20. The third-order valence-corrected chi connectivity index (χ3v) is 14.7. The van der Waals surface area contributed by atoms with E-state index < -0.39 is 104 Å². The van der Waals surface area contributed by atoms with E-state index >= 15 is 0 Å². The van der Waals surface area contributed by atoms with Crippen molar-refractivity contribution < 1.29 is 59.4 Å². The summed E-state index contributed by atoms with van der Waals surface area (Å²) in [5, 5.41) is 0. The number of rotatable bonds is 9. The zero-order valence-electron chi connectivity index (χ0n) is 34.3. The highest BCUT2D eigenvalue weighted by atomic mass is 32.2. The molecule has 2 amide bonds. The van der Waals surface area contributed by atoms with Crippen LogP contribution in [0.4, 0.5) is 17.6 Å². The molecule has 18 heteroatoms. The van der Waals surface area contributed by atoms with Crippen LogP contribution in [0.15, 0.2) is 24.3 Å². The van der Waals surface area contributed by atoms with Crippen molar-refractivity contribution in [3.63, 3.8) is 0 Å². The summed E-state index contributed by atoms with van der Waals surface area (Å²) in [5.74, 6) is -6.20. The van der Waals surface area contributed by atoms with Gasteiger partial charge in [-0.15, -0.1) is 0 Å². The van der Waals surface area contributed by atoms with E-state index in [1.54, 1.807) is 20.8 Å². The fraction of sp³-hybridized carbons (Fsp3) is 0.659. The van der Waals surface area contributed by atoms with Gasteiger partial charge in [0.1, 0.15) is 11.8 Å². The zero-order chi connectivity index (χ0) is 43.5. The first-order valence-electron chi connectivity index (χ1n) is 19.9. The molecule has 7 atom stereocenters. The molecule has 2 aliphatic carbocycles. The molecule has 0 spiro atoms. The molecule has 13 nitrogen and oxygen atoms in total. The average Bonchev–Trinajstić information content (AvgIpc) is 4.01. The molecule has 0 unspecified atom stereocenters. The summed E-state index contributed by atoms with van der Waals surface area (Å²) < 4.78 is 99.6. The van der Waals surface area contributed by atoms with Gasteiger partial charge < -0.3 is 19.1 Å². The number of hydrogen-bond donors (Lipinski definition) is 1. The molecule has 2 aliphatic heterocycles. The second-order valence-corrected chi connectivity index (χ2v) is 19.9. The number of carbonyl (C=O) groups is 4. The van der Waals surface area contributed by atoms with Gasteiger partial charge in [0.25, 0.3) is 0 Å². The maximum Gasteiger partial charge on any atom is 0.427 e. The number of ether oxygens (including phenoxy) is 3. The monoisotopic (exact) mass is 852 g/mol. The molecule has 1 aromatic carbocycles. The molecule has 2 aromatic rings. The highest BCUT2D eigenvalue weighted by Crippen LogP contribution is 2.58.